The van der Waals surface area contributed by atoms with Crippen molar-refractivity contribution in [1.29, 1.82) is 0 Å². The molecule has 1 aliphatic rings. The van der Waals surface area contributed by atoms with Gasteiger partial charge in [0.05, 0.1) is 0 Å². The van der Waals surface area contributed by atoms with Gasteiger partial charge in [-0.2, -0.15) is 13.2 Å². The highest BCUT2D eigenvalue weighted by atomic mass is 19.4. The number of alkyl halides is 3. The maximum Gasteiger partial charge on any atom is 0.399 e. The molecule has 4 heteroatoms. The number of carbonyl (C=O) groups excluding carboxylic acids is 1. The van der Waals surface area contributed by atoms with Gasteiger partial charge in [-0.3, -0.25) is 4.79 Å². The first-order valence-electron chi connectivity index (χ1n) is 6.16. The third kappa shape index (κ3) is 2.74. The Morgan fingerprint density at radius 1 is 1.11 bits per heavy atom. The second-order valence-corrected chi connectivity index (χ2v) is 4.79. The van der Waals surface area contributed by atoms with Gasteiger partial charge in [-0.25, -0.2) is 0 Å². The average molecular weight is 256 g/mol. The fourth-order valence-corrected chi connectivity index (χ4v) is 2.70. The SMILES string of the molecule is O=C(c1ccccc1)C(C1CCCC1)C(F)(F)F. The van der Waals surface area contributed by atoms with Crippen LogP contribution in [-0.2, 0) is 0 Å². The molecular weight excluding hydrogens is 241 g/mol. The van der Waals surface area contributed by atoms with E-state index in [1.807, 2.05) is 0 Å². The van der Waals surface area contributed by atoms with Crippen molar-refractivity contribution in [3.63, 3.8) is 0 Å². The van der Waals surface area contributed by atoms with Gasteiger partial charge in [0, 0.05) is 5.56 Å². The lowest BCUT2D eigenvalue weighted by Crippen LogP contribution is -2.36. The molecule has 1 unspecified atom stereocenters. The summed E-state index contributed by atoms with van der Waals surface area (Å²) in [7, 11) is 0. The Hall–Kier alpha value is -1.32. The lowest BCUT2D eigenvalue weighted by molar-refractivity contribution is -0.172. The molecule has 0 spiro atoms. The quantitative estimate of drug-likeness (QED) is 0.739. The van der Waals surface area contributed by atoms with E-state index in [1.54, 1.807) is 18.2 Å². The largest absolute Gasteiger partial charge is 0.399 e. The molecule has 1 atom stereocenters. The predicted octanol–water partition coefficient (Wildman–Crippen LogP) is 4.24. The Morgan fingerprint density at radius 2 is 1.67 bits per heavy atom. The van der Waals surface area contributed by atoms with Crippen molar-refractivity contribution in [3.8, 4) is 0 Å². The normalized spacial score (nSPS) is 18.8. The highest BCUT2D eigenvalue weighted by Gasteiger charge is 2.49. The average Bonchev–Trinajstić information content (AvgIpc) is 2.82. The van der Waals surface area contributed by atoms with Crippen molar-refractivity contribution in [2.45, 2.75) is 31.9 Å². The summed E-state index contributed by atoms with van der Waals surface area (Å²) in [5.74, 6) is -3.16. The van der Waals surface area contributed by atoms with Gasteiger partial charge < -0.3 is 0 Å². The number of halogens is 3. The highest BCUT2D eigenvalue weighted by molar-refractivity contribution is 5.98. The maximum absolute atomic E-state index is 13.1. The topological polar surface area (TPSA) is 17.1 Å². The minimum atomic E-state index is -4.44. The van der Waals surface area contributed by atoms with Crippen LogP contribution in [0.2, 0.25) is 0 Å². The summed E-state index contributed by atoms with van der Waals surface area (Å²) in [5, 5.41) is 0. The van der Waals surface area contributed by atoms with Crippen LogP contribution in [-0.4, -0.2) is 12.0 Å². The van der Waals surface area contributed by atoms with E-state index in [0.717, 1.165) is 12.8 Å². The third-order valence-corrected chi connectivity index (χ3v) is 3.56. The van der Waals surface area contributed by atoms with Crippen LogP contribution >= 0.6 is 0 Å². The smallest absolute Gasteiger partial charge is 0.293 e. The van der Waals surface area contributed by atoms with E-state index >= 15 is 0 Å². The minimum Gasteiger partial charge on any atom is -0.293 e. The van der Waals surface area contributed by atoms with Gasteiger partial charge in [0.25, 0.3) is 0 Å². The Balaban J connectivity index is 2.27. The van der Waals surface area contributed by atoms with Crippen LogP contribution < -0.4 is 0 Å². The monoisotopic (exact) mass is 256 g/mol. The molecule has 18 heavy (non-hydrogen) atoms. The van der Waals surface area contributed by atoms with E-state index in [9.17, 15) is 18.0 Å². The molecule has 0 N–H and O–H groups in total. The highest BCUT2D eigenvalue weighted by Crippen LogP contribution is 2.42. The molecule has 98 valence electrons. The summed E-state index contributed by atoms with van der Waals surface area (Å²) in [6, 6.07) is 7.78. The van der Waals surface area contributed by atoms with Crippen molar-refractivity contribution >= 4 is 5.78 Å². The third-order valence-electron chi connectivity index (χ3n) is 3.56. The van der Waals surface area contributed by atoms with Crippen LogP contribution in [0.1, 0.15) is 36.0 Å². The zero-order chi connectivity index (χ0) is 13.2. The second kappa shape index (κ2) is 5.12. The van der Waals surface area contributed by atoms with E-state index in [2.05, 4.69) is 0 Å². The molecule has 0 amide bonds. The van der Waals surface area contributed by atoms with Crippen LogP contribution in [0.15, 0.2) is 30.3 Å². The number of rotatable bonds is 3. The second-order valence-electron chi connectivity index (χ2n) is 4.79. The summed E-state index contributed by atoms with van der Waals surface area (Å²) in [6.07, 6.45) is -1.86. The van der Waals surface area contributed by atoms with Gasteiger partial charge in [-0.05, 0) is 18.8 Å². The van der Waals surface area contributed by atoms with Gasteiger partial charge in [0.2, 0.25) is 0 Å². The summed E-state index contributed by atoms with van der Waals surface area (Å²) in [5.41, 5.74) is 0.159. The van der Waals surface area contributed by atoms with Gasteiger partial charge in [-0.15, -0.1) is 0 Å². The molecule has 0 heterocycles. The van der Waals surface area contributed by atoms with E-state index in [0.29, 0.717) is 12.8 Å². The Morgan fingerprint density at radius 3 is 2.17 bits per heavy atom. The van der Waals surface area contributed by atoms with Crippen LogP contribution in [0.4, 0.5) is 13.2 Å². The fraction of sp³-hybridized carbons (Fsp3) is 0.500. The van der Waals surface area contributed by atoms with E-state index in [1.165, 1.54) is 12.1 Å². The van der Waals surface area contributed by atoms with Crippen LogP contribution in [0.25, 0.3) is 0 Å². The van der Waals surface area contributed by atoms with Gasteiger partial charge >= 0.3 is 6.18 Å². The first-order valence-corrected chi connectivity index (χ1v) is 6.16. The summed E-state index contributed by atoms with van der Waals surface area (Å²) >= 11 is 0. The number of Topliss-reactive ketones (excluding diaryl/α,β-unsaturated/α-hetero) is 1. The maximum atomic E-state index is 13.1. The van der Waals surface area contributed by atoms with E-state index < -0.39 is 23.8 Å². The summed E-state index contributed by atoms with van der Waals surface area (Å²) < 4.78 is 39.3. The van der Waals surface area contributed by atoms with Crippen molar-refractivity contribution in [2.24, 2.45) is 11.8 Å². The molecular formula is C14H15F3O. The molecule has 2 rings (SSSR count). The Labute approximate surface area is 104 Å². The lowest BCUT2D eigenvalue weighted by atomic mass is 9.84. The standard InChI is InChI=1S/C14H15F3O/c15-14(16,17)12(10-6-4-5-7-10)13(18)11-8-2-1-3-9-11/h1-3,8-10,12H,4-7H2. The molecule has 1 aromatic rings. The first-order chi connectivity index (χ1) is 8.50. The van der Waals surface area contributed by atoms with Gasteiger partial charge in [-0.1, -0.05) is 43.2 Å². The van der Waals surface area contributed by atoms with E-state index in [4.69, 9.17) is 0 Å². The molecule has 1 saturated carbocycles. The summed E-state index contributed by atoms with van der Waals surface area (Å²) in [4.78, 5) is 12.1. The van der Waals surface area contributed by atoms with Crippen LogP contribution in [0, 0.1) is 11.8 Å². The lowest BCUT2D eigenvalue weighted by Gasteiger charge is -2.24. The Kier molecular flexibility index (Phi) is 3.73. The molecule has 1 aromatic carbocycles. The van der Waals surface area contributed by atoms with Crippen LogP contribution in [0.5, 0.6) is 0 Å². The molecule has 0 aromatic heterocycles. The zero-order valence-electron chi connectivity index (χ0n) is 9.91. The molecule has 0 radical (unpaired) electrons. The van der Waals surface area contributed by atoms with Crippen molar-refractivity contribution < 1.29 is 18.0 Å². The fourth-order valence-electron chi connectivity index (χ4n) is 2.70. The number of ketones is 1. The molecule has 0 saturated heterocycles. The minimum absolute atomic E-state index is 0.159. The number of benzene rings is 1. The van der Waals surface area contributed by atoms with Gasteiger partial charge in [0.1, 0.15) is 5.92 Å². The van der Waals surface area contributed by atoms with Crippen LogP contribution in [0.3, 0.4) is 0 Å². The molecule has 1 nitrogen and oxygen atoms in total. The van der Waals surface area contributed by atoms with Gasteiger partial charge in [0.15, 0.2) is 5.78 Å². The van der Waals surface area contributed by atoms with Crippen molar-refractivity contribution in [2.75, 3.05) is 0 Å². The molecule has 1 aliphatic carbocycles. The first kappa shape index (κ1) is 13.1. The molecule has 1 fully saturated rings. The van der Waals surface area contributed by atoms with Crippen molar-refractivity contribution in [3.05, 3.63) is 35.9 Å². The number of hydrogen-bond donors (Lipinski definition) is 0. The van der Waals surface area contributed by atoms with E-state index in [-0.39, 0.29) is 5.56 Å². The molecule has 0 aliphatic heterocycles. The molecule has 0 bridgehead atoms. The zero-order valence-corrected chi connectivity index (χ0v) is 9.91. The number of hydrogen-bond acceptors (Lipinski definition) is 1. The Bertz CT molecular complexity index is 405. The number of carbonyl (C=O) groups is 1. The van der Waals surface area contributed by atoms with Crippen molar-refractivity contribution in [1.82, 2.24) is 0 Å². The predicted molar refractivity (Wildman–Crippen MR) is 62.3 cm³/mol. The summed E-state index contributed by atoms with van der Waals surface area (Å²) in [6.45, 7) is 0.